The van der Waals surface area contributed by atoms with Crippen molar-refractivity contribution in [3.8, 4) is 23.0 Å². The Hall–Kier alpha value is -6.07. The van der Waals surface area contributed by atoms with E-state index in [1.807, 2.05) is 96.1 Å². The molecule has 2 saturated heterocycles. The number of anilines is 2. The van der Waals surface area contributed by atoms with E-state index in [9.17, 15) is 24.3 Å². The Balaban J connectivity index is 0.000000228. The summed E-state index contributed by atoms with van der Waals surface area (Å²) >= 11 is 4.99. The Kier molecular flexibility index (Phi) is 14.0. The molecule has 2 fully saturated rings. The van der Waals surface area contributed by atoms with E-state index in [1.165, 1.54) is 6.92 Å². The molecule has 2 aliphatic heterocycles. The predicted molar refractivity (Wildman–Crippen MR) is 224 cm³/mol. The Morgan fingerprint density at radius 3 is 1.51 bits per heavy atom. The highest BCUT2D eigenvalue weighted by Crippen LogP contribution is 2.46. The first-order chi connectivity index (χ1) is 26.9. The molecule has 300 valence electrons. The second kappa shape index (κ2) is 18.3. The van der Waals surface area contributed by atoms with Crippen molar-refractivity contribution < 1.29 is 38.5 Å². The van der Waals surface area contributed by atoms with Gasteiger partial charge in [0.05, 0.1) is 32.2 Å². The number of rotatable bonds is 10. The minimum atomic E-state index is -0.545. The first-order valence-corrected chi connectivity index (χ1v) is 18.6. The predicted octanol–water partition coefficient (Wildman–Crippen LogP) is 7.91. The van der Waals surface area contributed by atoms with Gasteiger partial charge >= 0.3 is 0 Å². The third kappa shape index (κ3) is 9.32. The van der Waals surface area contributed by atoms with Gasteiger partial charge < -0.3 is 25.1 Å². The Morgan fingerprint density at radius 1 is 0.702 bits per heavy atom. The molecule has 0 aliphatic carbocycles. The quantitative estimate of drug-likeness (QED) is 0.0935. The number of hydrogen-bond donors (Lipinski definition) is 2. The number of carbonyl (C=O) groups is 4. The minimum absolute atomic E-state index is 0.0201. The summed E-state index contributed by atoms with van der Waals surface area (Å²) in [6, 6.07) is 18.2. The summed E-state index contributed by atoms with van der Waals surface area (Å²) in [6.07, 6.45) is 0. The zero-order valence-electron chi connectivity index (χ0n) is 33.9. The number of amides is 3. The van der Waals surface area contributed by atoms with E-state index in [0.717, 1.165) is 67.4 Å². The van der Waals surface area contributed by atoms with Crippen LogP contribution in [0.2, 0.25) is 0 Å². The van der Waals surface area contributed by atoms with Crippen LogP contribution in [0.5, 0.6) is 23.0 Å². The summed E-state index contributed by atoms with van der Waals surface area (Å²) in [4.78, 5) is 49.1. The molecule has 4 aromatic rings. The molecule has 2 atom stereocenters. The van der Waals surface area contributed by atoms with Crippen LogP contribution in [-0.2, 0) is 19.2 Å². The summed E-state index contributed by atoms with van der Waals surface area (Å²) < 4.78 is 16.4. The molecule has 12 heteroatoms. The van der Waals surface area contributed by atoms with Gasteiger partial charge in [-0.1, -0.05) is 37.4 Å². The van der Waals surface area contributed by atoms with Crippen LogP contribution in [0.1, 0.15) is 63.5 Å². The normalized spacial score (nSPS) is 15.7. The summed E-state index contributed by atoms with van der Waals surface area (Å²) in [6.45, 7) is 20.8. The number of nitrogens with zero attached hydrogens (tertiary/aromatic N) is 2. The number of carbonyl (C=O) groups excluding carboxylic acids is 4. The fraction of sp³-hybridized carbons (Fsp3) is 0.289. The SMILES string of the molecule is C=C1C(=O)N(c2cc(C)c(C)c(OC)c2)[C@H]1c1ccc(C)c(O)c1.C=C1C(=O)N(c2cc(C)c(C)c(OC)c2)[C@H]1c1ccc(C)c(OCC(N)=O)c1.CC(=O)CCl. The number of β-lactam (4-membered cyclic amide) rings is 2. The molecule has 2 heterocycles. The van der Waals surface area contributed by atoms with Crippen molar-refractivity contribution in [1.29, 1.82) is 0 Å². The van der Waals surface area contributed by atoms with E-state index in [0.29, 0.717) is 16.9 Å². The van der Waals surface area contributed by atoms with Gasteiger partial charge in [-0.3, -0.25) is 29.0 Å². The monoisotopic (exact) mass is 795 g/mol. The van der Waals surface area contributed by atoms with E-state index < -0.39 is 5.91 Å². The average Bonchev–Trinajstić information content (AvgIpc) is 3.18. The van der Waals surface area contributed by atoms with Crippen molar-refractivity contribution in [1.82, 2.24) is 0 Å². The van der Waals surface area contributed by atoms with Gasteiger partial charge in [-0.25, -0.2) is 0 Å². The maximum atomic E-state index is 12.6. The van der Waals surface area contributed by atoms with E-state index in [2.05, 4.69) is 13.2 Å². The van der Waals surface area contributed by atoms with Gasteiger partial charge in [0, 0.05) is 34.7 Å². The Labute approximate surface area is 339 Å². The van der Waals surface area contributed by atoms with E-state index >= 15 is 0 Å². The van der Waals surface area contributed by atoms with Crippen LogP contribution in [0.25, 0.3) is 0 Å². The highest BCUT2D eigenvalue weighted by atomic mass is 35.5. The van der Waals surface area contributed by atoms with E-state index in [-0.39, 0.29) is 47.9 Å². The van der Waals surface area contributed by atoms with Crippen LogP contribution in [0.3, 0.4) is 0 Å². The lowest BCUT2D eigenvalue weighted by molar-refractivity contribution is -0.120. The van der Waals surface area contributed by atoms with Gasteiger partial charge in [0.2, 0.25) is 0 Å². The van der Waals surface area contributed by atoms with Crippen molar-refractivity contribution in [2.75, 3.05) is 36.5 Å². The van der Waals surface area contributed by atoms with Crippen LogP contribution < -0.4 is 29.7 Å². The van der Waals surface area contributed by atoms with Crippen molar-refractivity contribution in [2.24, 2.45) is 5.73 Å². The van der Waals surface area contributed by atoms with Crippen LogP contribution in [0.15, 0.2) is 85.0 Å². The van der Waals surface area contributed by atoms with Crippen molar-refractivity contribution >= 4 is 46.5 Å². The maximum absolute atomic E-state index is 12.6. The summed E-state index contributed by atoms with van der Waals surface area (Å²) in [5.41, 5.74) is 15.3. The number of phenols is 1. The molecule has 0 radical (unpaired) electrons. The molecule has 2 aliphatic rings. The zero-order valence-corrected chi connectivity index (χ0v) is 34.7. The largest absolute Gasteiger partial charge is 0.508 e. The average molecular weight is 796 g/mol. The molecule has 0 bridgehead atoms. The van der Waals surface area contributed by atoms with Gasteiger partial charge in [-0.05, 0) is 117 Å². The Morgan fingerprint density at radius 2 is 1.12 bits per heavy atom. The number of halogens is 1. The molecule has 3 N–H and O–H groups in total. The number of ketones is 1. The van der Waals surface area contributed by atoms with Crippen molar-refractivity contribution in [2.45, 2.75) is 60.5 Å². The lowest BCUT2D eigenvalue weighted by atomic mass is 9.87. The lowest BCUT2D eigenvalue weighted by Crippen LogP contribution is -2.48. The second-order valence-electron chi connectivity index (χ2n) is 14.0. The first-order valence-electron chi connectivity index (χ1n) is 18.1. The van der Waals surface area contributed by atoms with Crippen molar-refractivity contribution in [3.63, 3.8) is 0 Å². The topological polar surface area (TPSA) is 149 Å². The number of phenolic OH excluding ortho intramolecular Hbond substituents is 1. The minimum Gasteiger partial charge on any atom is -0.508 e. The van der Waals surface area contributed by atoms with E-state index in [1.54, 1.807) is 30.1 Å². The number of alkyl halides is 1. The third-order valence-electron chi connectivity index (χ3n) is 10.0. The van der Waals surface area contributed by atoms with Gasteiger partial charge in [-0.15, -0.1) is 11.6 Å². The number of hydrogen-bond acceptors (Lipinski definition) is 8. The second-order valence-corrected chi connectivity index (χ2v) is 14.3. The summed E-state index contributed by atoms with van der Waals surface area (Å²) in [5.74, 6) is 1.64. The third-order valence-corrected chi connectivity index (χ3v) is 10.4. The van der Waals surface area contributed by atoms with Gasteiger partial charge in [0.15, 0.2) is 6.61 Å². The van der Waals surface area contributed by atoms with Gasteiger partial charge in [0.1, 0.15) is 28.8 Å². The number of nitrogens with two attached hydrogens (primary N) is 1. The smallest absolute Gasteiger partial charge is 0.256 e. The molecule has 11 nitrogen and oxygen atoms in total. The van der Waals surface area contributed by atoms with Crippen LogP contribution in [0, 0.1) is 41.5 Å². The molecule has 0 spiro atoms. The number of primary amides is 1. The lowest BCUT2D eigenvalue weighted by Gasteiger charge is -2.43. The van der Waals surface area contributed by atoms with Crippen LogP contribution in [-0.4, -0.2) is 55.3 Å². The molecular formula is C45H50ClN3O8. The fourth-order valence-electron chi connectivity index (χ4n) is 6.40. The number of ether oxygens (including phenoxy) is 3. The highest BCUT2D eigenvalue weighted by Gasteiger charge is 2.44. The fourth-order valence-corrected chi connectivity index (χ4v) is 6.40. The molecular weight excluding hydrogens is 746 g/mol. The van der Waals surface area contributed by atoms with Crippen LogP contribution in [0.4, 0.5) is 11.4 Å². The van der Waals surface area contributed by atoms with Crippen molar-refractivity contribution in [3.05, 3.63) is 129 Å². The molecule has 4 aromatic carbocycles. The standard InChI is InChI=1S/C22H24N2O4.C20H21NO3.C3H5ClO/c1-12-6-7-16(9-18(12)28-11-20(23)25)21-15(4)22(26)24(21)17-8-13(2)14(3)19(10-17)27-5;1-11-6-7-15(9-17(11)22)19-14(4)20(23)21(19)16-8-12(2)13(3)18(10-16)24-5;1-3(5)2-4/h6-10,21H,4,11H2,1-3,5H3,(H2,23,25);6-10,19,22H,4H2,1-3,5H3;2H2,1H3/t21-;19-;/m11./s1. The number of methoxy groups -OCH3 is 2. The molecule has 3 amide bonds. The zero-order chi connectivity index (χ0) is 42.5. The van der Waals surface area contributed by atoms with Crippen LogP contribution >= 0.6 is 11.6 Å². The number of Topliss-reactive ketones (excluding diaryl/α,β-unsaturated/α-hetero) is 1. The van der Waals surface area contributed by atoms with Gasteiger partial charge in [0.25, 0.3) is 17.7 Å². The molecule has 0 unspecified atom stereocenters. The summed E-state index contributed by atoms with van der Waals surface area (Å²) in [5, 5.41) is 9.99. The molecule has 0 saturated carbocycles. The molecule has 0 aromatic heterocycles. The summed E-state index contributed by atoms with van der Waals surface area (Å²) in [7, 11) is 3.24. The van der Waals surface area contributed by atoms with E-state index in [4.69, 9.17) is 31.5 Å². The van der Waals surface area contributed by atoms with Gasteiger partial charge in [-0.2, -0.15) is 0 Å². The molecule has 57 heavy (non-hydrogen) atoms. The first kappa shape index (κ1) is 43.7. The highest BCUT2D eigenvalue weighted by molar-refractivity contribution is 6.27. The number of aryl methyl sites for hydroxylation is 4. The maximum Gasteiger partial charge on any atom is 0.256 e. The number of benzene rings is 4. The Bertz CT molecular complexity index is 2270. The number of aromatic hydroxyl groups is 1. The molecule has 6 rings (SSSR count).